The minimum Gasteiger partial charge on any atom is -0.354 e. The zero-order valence-corrected chi connectivity index (χ0v) is 18.9. The molecule has 0 aliphatic heterocycles. The average Bonchev–Trinajstić information content (AvgIpc) is 3.47. The number of fused-ring (bicyclic) bond motifs is 6. The van der Waals surface area contributed by atoms with Crippen molar-refractivity contribution in [2.45, 2.75) is 6.42 Å². The van der Waals surface area contributed by atoms with Crippen LogP contribution in [0.1, 0.15) is 5.82 Å². The molecule has 5 nitrogen and oxygen atoms in total. The molecule has 35 heavy (non-hydrogen) atoms. The molecule has 0 spiro atoms. The van der Waals surface area contributed by atoms with Crippen molar-refractivity contribution < 1.29 is 0 Å². The lowest BCUT2D eigenvalue weighted by Crippen LogP contribution is -2.03. The third-order valence-electron chi connectivity index (χ3n) is 6.57. The summed E-state index contributed by atoms with van der Waals surface area (Å²) >= 11 is 0. The maximum atomic E-state index is 5.00. The van der Waals surface area contributed by atoms with Gasteiger partial charge in [-0.15, -0.1) is 6.58 Å². The fraction of sp³-hybridized carbons (Fsp3) is 0.0333. The molecule has 7 rings (SSSR count). The molecule has 0 unspecified atom stereocenters. The topological polar surface area (TPSA) is 70.2 Å². The number of hydrogen-bond donors (Lipinski definition) is 2. The first-order chi connectivity index (χ1) is 17.3. The van der Waals surface area contributed by atoms with Gasteiger partial charge in [-0.3, -0.25) is 0 Å². The minimum absolute atomic E-state index is 0.563. The first-order valence-corrected chi connectivity index (χ1v) is 11.7. The predicted octanol–water partition coefficient (Wildman–Crippen LogP) is 7.20. The second-order valence-electron chi connectivity index (χ2n) is 8.69. The van der Waals surface area contributed by atoms with Gasteiger partial charge in [-0.1, -0.05) is 66.7 Å². The highest BCUT2D eigenvalue weighted by atomic mass is 15.0. The van der Waals surface area contributed by atoms with Crippen molar-refractivity contribution in [3.05, 3.63) is 103 Å². The Morgan fingerprint density at radius 2 is 1.06 bits per heavy atom. The van der Waals surface area contributed by atoms with Gasteiger partial charge < -0.3 is 9.97 Å². The Bertz CT molecular complexity index is 1780. The van der Waals surface area contributed by atoms with Crippen molar-refractivity contribution >= 4 is 43.6 Å². The van der Waals surface area contributed by atoms with E-state index in [9.17, 15) is 0 Å². The number of hydrogen-bond acceptors (Lipinski definition) is 3. The van der Waals surface area contributed by atoms with Crippen LogP contribution in [0, 0.1) is 0 Å². The van der Waals surface area contributed by atoms with Crippen molar-refractivity contribution in [1.82, 2.24) is 24.9 Å². The SMILES string of the molecule is C=CCc1nc(-c2cccc3c2[nH]c2ccccc23)nc(-c2cccc3c2[nH]c2ccccc23)n1. The van der Waals surface area contributed by atoms with E-state index in [0.717, 1.165) is 44.0 Å². The molecule has 0 aliphatic rings. The van der Waals surface area contributed by atoms with Gasteiger partial charge >= 0.3 is 0 Å². The molecule has 0 saturated heterocycles. The van der Waals surface area contributed by atoms with Crippen LogP contribution in [0.2, 0.25) is 0 Å². The van der Waals surface area contributed by atoms with Gasteiger partial charge in [-0.05, 0) is 24.3 Å². The lowest BCUT2D eigenvalue weighted by atomic mass is 10.1. The highest BCUT2D eigenvalue weighted by Crippen LogP contribution is 2.34. The van der Waals surface area contributed by atoms with Gasteiger partial charge in [0.1, 0.15) is 5.82 Å². The minimum atomic E-state index is 0.563. The molecule has 0 saturated carbocycles. The summed E-state index contributed by atoms with van der Waals surface area (Å²) in [5.41, 5.74) is 6.16. The second-order valence-corrected chi connectivity index (χ2v) is 8.69. The highest BCUT2D eigenvalue weighted by molar-refractivity contribution is 6.12. The molecule has 5 heteroatoms. The molecule has 0 radical (unpaired) electrons. The zero-order valence-electron chi connectivity index (χ0n) is 18.9. The number of H-pyrrole nitrogens is 2. The van der Waals surface area contributed by atoms with Gasteiger partial charge in [0, 0.05) is 50.1 Å². The van der Waals surface area contributed by atoms with E-state index < -0.39 is 0 Å². The number of rotatable bonds is 4. The Morgan fingerprint density at radius 3 is 1.57 bits per heavy atom. The normalized spacial score (nSPS) is 11.7. The van der Waals surface area contributed by atoms with Crippen LogP contribution in [-0.2, 0) is 6.42 Å². The number of nitrogens with one attached hydrogen (secondary N) is 2. The molecule has 7 aromatic rings. The molecule has 4 aromatic carbocycles. The van der Waals surface area contributed by atoms with Crippen molar-refractivity contribution in [1.29, 1.82) is 0 Å². The van der Waals surface area contributed by atoms with E-state index in [1.807, 2.05) is 18.2 Å². The lowest BCUT2D eigenvalue weighted by Gasteiger charge is -2.09. The molecule has 2 N–H and O–H groups in total. The number of aromatic nitrogens is 5. The van der Waals surface area contributed by atoms with Gasteiger partial charge in [-0.25, -0.2) is 15.0 Å². The number of para-hydroxylation sites is 4. The second kappa shape index (κ2) is 7.64. The van der Waals surface area contributed by atoms with Crippen LogP contribution >= 0.6 is 0 Å². The van der Waals surface area contributed by atoms with Gasteiger partial charge in [0.25, 0.3) is 0 Å². The first kappa shape index (κ1) is 19.7. The smallest absolute Gasteiger partial charge is 0.165 e. The lowest BCUT2D eigenvalue weighted by molar-refractivity contribution is 0.950. The summed E-state index contributed by atoms with van der Waals surface area (Å²) in [6, 6.07) is 29.2. The number of nitrogens with zero attached hydrogens (tertiary/aromatic N) is 3. The predicted molar refractivity (Wildman–Crippen MR) is 143 cm³/mol. The van der Waals surface area contributed by atoms with Crippen LogP contribution in [0.15, 0.2) is 97.6 Å². The summed E-state index contributed by atoms with van der Waals surface area (Å²) in [5.74, 6) is 2.00. The molecule has 0 amide bonds. The molecule has 0 bridgehead atoms. The molecular weight excluding hydrogens is 430 g/mol. The summed E-state index contributed by atoms with van der Waals surface area (Å²) in [6.07, 6.45) is 2.39. The molecule has 0 aliphatic carbocycles. The Hall–Kier alpha value is -4.77. The molecule has 3 aromatic heterocycles. The van der Waals surface area contributed by atoms with Gasteiger partial charge in [0.15, 0.2) is 11.6 Å². The number of aromatic amines is 2. The van der Waals surface area contributed by atoms with Gasteiger partial charge in [-0.2, -0.15) is 0 Å². The van der Waals surface area contributed by atoms with E-state index in [2.05, 4.69) is 89.3 Å². The molecule has 166 valence electrons. The molecule has 0 fully saturated rings. The summed E-state index contributed by atoms with van der Waals surface area (Å²) in [6.45, 7) is 3.91. The average molecular weight is 452 g/mol. The summed E-state index contributed by atoms with van der Waals surface area (Å²) in [4.78, 5) is 21.8. The summed E-state index contributed by atoms with van der Waals surface area (Å²) in [5, 5.41) is 4.69. The van der Waals surface area contributed by atoms with E-state index in [1.54, 1.807) is 0 Å². The van der Waals surface area contributed by atoms with Crippen LogP contribution in [0.4, 0.5) is 0 Å². The van der Waals surface area contributed by atoms with E-state index in [0.29, 0.717) is 23.9 Å². The van der Waals surface area contributed by atoms with E-state index in [-0.39, 0.29) is 0 Å². The van der Waals surface area contributed by atoms with Crippen molar-refractivity contribution in [3.63, 3.8) is 0 Å². The van der Waals surface area contributed by atoms with Crippen LogP contribution in [0.3, 0.4) is 0 Å². The Balaban J connectivity index is 1.50. The Labute approximate surface area is 201 Å². The van der Waals surface area contributed by atoms with Crippen molar-refractivity contribution in [2.24, 2.45) is 0 Å². The van der Waals surface area contributed by atoms with Crippen LogP contribution < -0.4 is 0 Å². The first-order valence-electron chi connectivity index (χ1n) is 11.7. The maximum absolute atomic E-state index is 5.00. The fourth-order valence-corrected chi connectivity index (χ4v) is 5.00. The van der Waals surface area contributed by atoms with E-state index in [4.69, 9.17) is 15.0 Å². The van der Waals surface area contributed by atoms with Crippen molar-refractivity contribution in [2.75, 3.05) is 0 Å². The quantitative estimate of drug-likeness (QED) is 0.278. The Kier molecular flexibility index (Phi) is 4.29. The van der Waals surface area contributed by atoms with Crippen molar-refractivity contribution in [3.8, 4) is 22.8 Å². The maximum Gasteiger partial charge on any atom is 0.165 e. The van der Waals surface area contributed by atoms with Crippen LogP contribution in [-0.4, -0.2) is 24.9 Å². The molecular formula is C30H21N5. The monoisotopic (exact) mass is 451 g/mol. The van der Waals surface area contributed by atoms with Gasteiger partial charge in [0.05, 0.1) is 11.0 Å². The molecule has 3 heterocycles. The third-order valence-corrected chi connectivity index (χ3v) is 6.57. The van der Waals surface area contributed by atoms with E-state index in [1.165, 1.54) is 10.8 Å². The molecule has 0 atom stereocenters. The fourth-order valence-electron chi connectivity index (χ4n) is 5.00. The largest absolute Gasteiger partial charge is 0.354 e. The highest BCUT2D eigenvalue weighted by Gasteiger charge is 2.17. The summed E-state index contributed by atoms with van der Waals surface area (Å²) in [7, 11) is 0. The standard InChI is InChI=1S/C30H21N5/c1-2-9-26-33-29(22-14-7-12-20-18-10-3-5-16-24(18)31-27(20)22)35-30(34-26)23-15-8-13-21-19-11-4-6-17-25(19)32-28(21)23/h2-8,10-17,31-32H,1,9H2. The van der Waals surface area contributed by atoms with Crippen LogP contribution in [0.5, 0.6) is 0 Å². The van der Waals surface area contributed by atoms with Gasteiger partial charge in [0.2, 0.25) is 0 Å². The van der Waals surface area contributed by atoms with E-state index >= 15 is 0 Å². The summed E-state index contributed by atoms with van der Waals surface area (Å²) < 4.78 is 0. The number of benzene rings is 4. The van der Waals surface area contributed by atoms with Crippen LogP contribution in [0.25, 0.3) is 66.4 Å². The number of allylic oxidation sites excluding steroid dienone is 1. The third kappa shape index (κ3) is 3.05. The zero-order chi connectivity index (χ0) is 23.4. The Morgan fingerprint density at radius 1 is 0.571 bits per heavy atom.